The third kappa shape index (κ3) is 6.25. The molecule has 0 atom stereocenters. The Kier molecular flexibility index (Phi) is 6.14. The molecule has 0 bridgehead atoms. The van der Waals surface area contributed by atoms with Crippen molar-refractivity contribution in [1.82, 2.24) is 4.98 Å². The number of pyridine rings is 1. The molecule has 1 aromatic heterocycles. The van der Waals surface area contributed by atoms with E-state index in [1.54, 1.807) is 18.3 Å². The summed E-state index contributed by atoms with van der Waals surface area (Å²) in [7, 11) is 1.33. The van der Waals surface area contributed by atoms with Crippen LogP contribution in [0.15, 0.2) is 18.3 Å². The fourth-order valence-corrected chi connectivity index (χ4v) is 1.87. The molecule has 6 heteroatoms. The Morgan fingerprint density at radius 1 is 1.38 bits per heavy atom. The molecule has 0 radical (unpaired) electrons. The number of carboxylic acids is 1. The van der Waals surface area contributed by atoms with Crippen LogP contribution in [-0.2, 0) is 9.53 Å². The van der Waals surface area contributed by atoms with Crippen molar-refractivity contribution in [3.8, 4) is 0 Å². The average Bonchev–Trinajstić information content (AvgIpc) is 2.44. The van der Waals surface area contributed by atoms with E-state index in [4.69, 9.17) is 5.11 Å². The van der Waals surface area contributed by atoms with Crippen LogP contribution in [0, 0.1) is 5.41 Å². The summed E-state index contributed by atoms with van der Waals surface area (Å²) < 4.78 is 4.65. The Morgan fingerprint density at radius 2 is 2.10 bits per heavy atom. The van der Waals surface area contributed by atoms with Crippen LogP contribution < -0.4 is 5.32 Å². The van der Waals surface area contributed by atoms with Crippen LogP contribution in [0.2, 0.25) is 0 Å². The molecule has 0 unspecified atom stereocenters. The van der Waals surface area contributed by atoms with Gasteiger partial charge in [0, 0.05) is 19.2 Å². The van der Waals surface area contributed by atoms with Crippen molar-refractivity contribution in [2.75, 3.05) is 19.0 Å². The number of anilines is 1. The zero-order chi connectivity index (χ0) is 15.9. The van der Waals surface area contributed by atoms with Crippen molar-refractivity contribution in [3.05, 3.63) is 23.9 Å². The Hall–Kier alpha value is -2.11. The zero-order valence-corrected chi connectivity index (χ0v) is 12.7. The quantitative estimate of drug-likeness (QED) is 0.716. The molecule has 1 aromatic rings. The van der Waals surface area contributed by atoms with Gasteiger partial charge in [-0.3, -0.25) is 4.79 Å². The number of carbonyl (C=O) groups is 2. The van der Waals surface area contributed by atoms with Gasteiger partial charge in [0.2, 0.25) is 0 Å². The number of nitrogens with one attached hydrogen (secondary N) is 1. The van der Waals surface area contributed by atoms with Gasteiger partial charge in [0.1, 0.15) is 5.82 Å². The molecule has 2 N–H and O–H groups in total. The van der Waals surface area contributed by atoms with Gasteiger partial charge in [-0.05, 0) is 30.4 Å². The van der Waals surface area contributed by atoms with Crippen LogP contribution in [-0.4, -0.2) is 35.7 Å². The van der Waals surface area contributed by atoms with E-state index >= 15 is 0 Å². The summed E-state index contributed by atoms with van der Waals surface area (Å²) in [6.45, 7) is 4.73. The van der Waals surface area contributed by atoms with Gasteiger partial charge in [0.15, 0.2) is 0 Å². The molecule has 0 aliphatic rings. The van der Waals surface area contributed by atoms with Crippen LogP contribution >= 0.6 is 0 Å². The summed E-state index contributed by atoms with van der Waals surface area (Å²) >= 11 is 0. The maximum Gasteiger partial charge on any atom is 0.338 e. The van der Waals surface area contributed by atoms with Crippen LogP contribution in [0.1, 0.15) is 43.5 Å². The highest BCUT2D eigenvalue weighted by Crippen LogP contribution is 2.26. The molecule has 0 spiro atoms. The van der Waals surface area contributed by atoms with Gasteiger partial charge >= 0.3 is 11.9 Å². The number of methoxy groups -OCH3 is 1. The van der Waals surface area contributed by atoms with Gasteiger partial charge in [0.05, 0.1) is 12.7 Å². The number of esters is 1. The lowest BCUT2D eigenvalue weighted by molar-refractivity contribution is -0.137. The molecular weight excluding hydrogens is 272 g/mol. The molecule has 0 fully saturated rings. The summed E-state index contributed by atoms with van der Waals surface area (Å²) in [5.41, 5.74) is 0.380. The summed E-state index contributed by atoms with van der Waals surface area (Å²) in [6, 6.07) is 3.23. The van der Waals surface area contributed by atoms with E-state index in [0.717, 1.165) is 6.42 Å². The van der Waals surface area contributed by atoms with E-state index in [1.165, 1.54) is 7.11 Å². The molecule has 6 nitrogen and oxygen atoms in total. The molecule has 0 aliphatic carbocycles. The first kappa shape index (κ1) is 16.9. The monoisotopic (exact) mass is 294 g/mol. The zero-order valence-electron chi connectivity index (χ0n) is 12.7. The van der Waals surface area contributed by atoms with E-state index in [0.29, 0.717) is 24.3 Å². The Labute approximate surface area is 124 Å². The molecule has 0 amide bonds. The van der Waals surface area contributed by atoms with Gasteiger partial charge in [-0.25, -0.2) is 9.78 Å². The Bertz CT molecular complexity index is 500. The summed E-state index contributed by atoms with van der Waals surface area (Å²) in [5.74, 6) is -0.572. The minimum Gasteiger partial charge on any atom is -0.481 e. The lowest BCUT2D eigenvalue weighted by Crippen LogP contribution is -2.18. The fraction of sp³-hybridized carbons (Fsp3) is 0.533. The van der Waals surface area contributed by atoms with Gasteiger partial charge in [-0.1, -0.05) is 13.8 Å². The molecule has 1 heterocycles. The SMILES string of the molecule is COC(=O)c1ccnc(NCCC(C)(C)CCC(=O)O)c1. The smallest absolute Gasteiger partial charge is 0.338 e. The van der Waals surface area contributed by atoms with Gasteiger partial charge in [-0.2, -0.15) is 0 Å². The average molecular weight is 294 g/mol. The van der Waals surface area contributed by atoms with E-state index in [1.807, 2.05) is 13.8 Å². The third-order valence-electron chi connectivity index (χ3n) is 3.30. The van der Waals surface area contributed by atoms with Crippen LogP contribution in [0.3, 0.4) is 0 Å². The largest absolute Gasteiger partial charge is 0.481 e. The first-order valence-corrected chi connectivity index (χ1v) is 6.84. The minimum absolute atomic E-state index is 0.0641. The maximum absolute atomic E-state index is 11.4. The predicted molar refractivity (Wildman–Crippen MR) is 79.3 cm³/mol. The molecule has 116 valence electrons. The number of rotatable bonds is 8. The lowest BCUT2D eigenvalue weighted by Gasteiger charge is -2.24. The highest BCUT2D eigenvalue weighted by Gasteiger charge is 2.18. The second-order valence-electron chi connectivity index (χ2n) is 5.66. The van der Waals surface area contributed by atoms with E-state index in [2.05, 4.69) is 15.0 Å². The normalized spacial score (nSPS) is 11.0. The summed E-state index contributed by atoms with van der Waals surface area (Å²) in [5, 5.41) is 11.9. The number of aliphatic carboxylic acids is 1. The van der Waals surface area contributed by atoms with E-state index in [9.17, 15) is 9.59 Å². The minimum atomic E-state index is -0.775. The number of hydrogen-bond donors (Lipinski definition) is 2. The van der Waals surface area contributed by atoms with Crippen molar-refractivity contribution in [1.29, 1.82) is 0 Å². The van der Waals surface area contributed by atoms with Crippen LogP contribution in [0.4, 0.5) is 5.82 Å². The highest BCUT2D eigenvalue weighted by molar-refractivity contribution is 5.89. The number of nitrogens with zero attached hydrogens (tertiary/aromatic N) is 1. The third-order valence-corrected chi connectivity index (χ3v) is 3.30. The van der Waals surface area contributed by atoms with Crippen molar-refractivity contribution in [2.24, 2.45) is 5.41 Å². The van der Waals surface area contributed by atoms with Crippen molar-refractivity contribution >= 4 is 17.8 Å². The number of carboxylic acid groups (broad SMARTS) is 1. The summed E-state index contributed by atoms with van der Waals surface area (Å²) in [4.78, 5) is 26.2. The molecule has 0 aromatic carbocycles. The maximum atomic E-state index is 11.4. The fourth-order valence-electron chi connectivity index (χ4n) is 1.87. The predicted octanol–water partition coefficient (Wildman–Crippen LogP) is 2.56. The van der Waals surface area contributed by atoms with Crippen molar-refractivity contribution in [2.45, 2.75) is 33.1 Å². The number of hydrogen-bond acceptors (Lipinski definition) is 5. The van der Waals surface area contributed by atoms with Gasteiger partial charge in [-0.15, -0.1) is 0 Å². The molecule has 0 saturated heterocycles. The number of aromatic nitrogens is 1. The topological polar surface area (TPSA) is 88.5 Å². The van der Waals surface area contributed by atoms with Crippen LogP contribution in [0.5, 0.6) is 0 Å². The second kappa shape index (κ2) is 7.61. The lowest BCUT2D eigenvalue weighted by atomic mass is 9.84. The standard InChI is InChI=1S/C15H22N2O4/c1-15(2,6-4-13(18)19)7-9-17-12-10-11(5-8-16-12)14(20)21-3/h5,8,10H,4,6-7,9H2,1-3H3,(H,16,17)(H,18,19). The van der Waals surface area contributed by atoms with Gasteiger partial charge in [0.25, 0.3) is 0 Å². The number of carbonyl (C=O) groups excluding carboxylic acids is 1. The van der Waals surface area contributed by atoms with E-state index in [-0.39, 0.29) is 11.8 Å². The molecule has 1 rings (SSSR count). The van der Waals surface area contributed by atoms with Crippen molar-refractivity contribution < 1.29 is 19.4 Å². The molecular formula is C15H22N2O4. The molecule has 0 aliphatic heterocycles. The summed E-state index contributed by atoms with van der Waals surface area (Å²) in [6.07, 6.45) is 3.15. The first-order valence-electron chi connectivity index (χ1n) is 6.84. The highest BCUT2D eigenvalue weighted by atomic mass is 16.5. The number of ether oxygens (including phenoxy) is 1. The second-order valence-corrected chi connectivity index (χ2v) is 5.66. The van der Waals surface area contributed by atoms with Crippen molar-refractivity contribution in [3.63, 3.8) is 0 Å². The van der Waals surface area contributed by atoms with Crippen LogP contribution in [0.25, 0.3) is 0 Å². The van der Waals surface area contributed by atoms with Gasteiger partial charge < -0.3 is 15.2 Å². The first-order chi connectivity index (χ1) is 9.84. The van der Waals surface area contributed by atoms with E-state index < -0.39 is 11.9 Å². The molecule has 21 heavy (non-hydrogen) atoms. The molecule has 0 saturated carbocycles. The Balaban J connectivity index is 2.48. The Morgan fingerprint density at radius 3 is 2.71 bits per heavy atom.